The van der Waals surface area contributed by atoms with Crippen LogP contribution in [0.5, 0.6) is 5.75 Å². The van der Waals surface area contributed by atoms with Gasteiger partial charge in [0.05, 0.1) is 25.2 Å². The Bertz CT molecular complexity index is 890. The molecule has 4 rings (SSSR count). The lowest BCUT2D eigenvalue weighted by molar-refractivity contribution is -0.124. The minimum atomic E-state index is -0.497. The molecule has 152 valence electrons. The van der Waals surface area contributed by atoms with Crippen molar-refractivity contribution in [1.29, 1.82) is 0 Å². The van der Waals surface area contributed by atoms with Crippen LogP contribution in [0.2, 0.25) is 0 Å². The van der Waals surface area contributed by atoms with Crippen LogP contribution in [0, 0.1) is 0 Å². The van der Waals surface area contributed by atoms with Gasteiger partial charge in [-0.2, -0.15) is 0 Å². The van der Waals surface area contributed by atoms with Crippen molar-refractivity contribution in [1.82, 2.24) is 10.2 Å². The van der Waals surface area contributed by atoms with Crippen LogP contribution in [0.15, 0.2) is 48.5 Å². The number of carbonyl (C=O) groups excluding carboxylic acids is 2. The van der Waals surface area contributed by atoms with E-state index >= 15 is 0 Å². The number of benzene rings is 2. The van der Waals surface area contributed by atoms with Crippen molar-refractivity contribution >= 4 is 11.8 Å². The third-order valence-electron chi connectivity index (χ3n) is 5.85. The van der Waals surface area contributed by atoms with Crippen molar-refractivity contribution in [2.45, 2.75) is 30.9 Å². The lowest BCUT2D eigenvalue weighted by atomic mass is 9.79. The van der Waals surface area contributed by atoms with E-state index in [1.54, 1.807) is 25.1 Å². The number of carbonyl (C=O) groups is 2. The van der Waals surface area contributed by atoms with E-state index in [4.69, 9.17) is 9.47 Å². The molecule has 29 heavy (non-hydrogen) atoms. The molecule has 1 saturated heterocycles. The molecule has 0 unspecified atom stereocenters. The normalized spacial score (nSPS) is 23.6. The highest BCUT2D eigenvalue weighted by Crippen LogP contribution is 2.42. The van der Waals surface area contributed by atoms with Crippen LogP contribution in [0.4, 0.5) is 0 Å². The lowest BCUT2D eigenvalue weighted by Crippen LogP contribution is -2.46. The number of likely N-dealkylation sites (N-methyl/N-ethyl adjacent to an activating group) is 1. The number of nitrogens with one attached hydrogen (secondary N) is 1. The number of fused-ring (bicyclic) bond motifs is 1. The molecule has 0 saturated carbocycles. The van der Waals surface area contributed by atoms with E-state index in [1.165, 1.54) is 0 Å². The van der Waals surface area contributed by atoms with E-state index in [0.717, 1.165) is 36.3 Å². The quantitative estimate of drug-likeness (QED) is 0.847. The average molecular weight is 394 g/mol. The van der Waals surface area contributed by atoms with Gasteiger partial charge < -0.3 is 19.7 Å². The minimum Gasteiger partial charge on any atom is -0.497 e. The van der Waals surface area contributed by atoms with Crippen LogP contribution in [-0.4, -0.2) is 50.1 Å². The highest BCUT2D eigenvalue weighted by molar-refractivity contribution is 6.01. The van der Waals surface area contributed by atoms with Gasteiger partial charge in [-0.25, -0.2) is 0 Å². The van der Waals surface area contributed by atoms with E-state index in [1.807, 2.05) is 42.5 Å². The number of nitrogens with zero attached hydrogens (tertiary/aromatic N) is 1. The van der Waals surface area contributed by atoms with Crippen LogP contribution in [0.3, 0.4) is 0 Å². The summed E-state index contributed by atoms with van der Waals surface area (Å²) in [5.41, 5.74) is 2.24. The highest BCUT2D eigenvalue weighted by Gasteiger charge is 2.42. The van der Waals surface area contributed by atoms with Gasteiger partial charge in [-0.3, -0.25) is 9.59 Å². The standard InChI is InChI=1S/C23H26N2O4/c1-25-21(15-9-11-16(28-2)12-10-15)20(18-7-3-4-8-19(18)23(25)27)22(26)24-14-17-6-5-13-29-17/h3-4,7-12,17,20-21H,5-6,13-14H2,1-2H3,(H,24,26)/t17-,20+,21+/m0/s1. The van der Waals surface area contributed by atoms with Gasteiger partial charge in [-0.05, 0) is 42.2 Å². The molecule has 2 heterocycles. The summed E-state index contributed by atoms with van der Waals surface area (Å²) in [6.07, 6.45) is 2.05. The van der Waals surface area contributed by atoms with Crippen molar-refractivity contribution in [3.8, 4) is 5.75 Å². The van der Waals surface area contributed by atoms with Crippen molar-refractivity contribution in [2.24, 2.45) is 0 Å². The van der Waals surface area contributed by atoms with E-state index in [9.17, 15) is 9.59 Å². The summed E-state index contributed by atoms with van der Waals surface area (Å²) in [5, 5.41) is 3.07. The van der Waals surface area contributed by atoms with E-state index in [-0.39, 0.29) is 17.9 Å². The molecule has 1 fully saturated rings. The molecule has 0 bridgehead atoms. The van der Waals surface area contributed by atoms with Gasteiger partial charge >= 0.3 is 0 Å². The Kier molecular flexibility index (Phi) is 5.53. The molecule has 0 aromatic heterocycles. The van der Waals surface area contributed by atoms with E-state index in [0.29, 0.717) is 12.1 Å². The Labute approximate surface area is 170 Å². The van der Waals surface area contributed by atoms with Crippen LogP contribution in [0.25, 0.3) is 0 Å². The van der Waals surface area contributed by atoms with E-state index < -0.39 is 12.0 Å². The van der Waals surface area contributed by atoms with Crippen molar-refractivity contribution in [3.63, 3.8) is 0 Å². The summed E-state index contributed by atoms with van der Waals surface area (Å²) in [6.45, 7) is 1.24. The Balaban J connectivity index is 1.69. The van der Waals surface area contributed by atoms with Crippen molar-refractivity contribution in [3.05, 3.63) is 65.2 Å². The summed E-state index contributed by atoms with van der Waals surface area (Å²) < 4.78 is 10.9. The molecule has 2 aliphatic rings. The second-order valence-electron chi connectivity index (χ2n) is 7.58. The Morgan fingerprint density at radius 1 is 1.21 bits per heavy atom. The fourth-order valence-electron chi connectivity index (χ4n) is 4.30. The molecule has 0 aliphatic carbocycles. The van der Waals surface area contributed by atoms with Gasteiger partial charge in [0, 0.05) is 25.8 Å². The molecule has 3 atom stereocenters. The van der Waals surface area contributed by atoms with Crippen LogP contribution < -0.4 is 10.1 Å². The van der Waals surface area contributed by atoms with E-state index in [2.05, 4.69) is 5.32 Å². The summed E-state index contributed by atoms with van der Waals surface area (Å²) in [5.74, 6) is 0.0692. The predicted octanol–water partition coefficient (Wildman–Crippen LogP) is 2.90. The summed E-state index contributed by atoms with van der Waals surface area (Å²) in [4.78, 5) is 28.0. The third-order valence-corrected chi connectivity index (χ3v) is 5.85. The summed E-state index contributed by atoms with van der Waals surface area (Å²) in [6, 6.07) is 14.5. The fourth-order valence-corrected chi connectivity index (χ4v) is 4.30. The number of ether oxygens (including phenoxy) is 2. The molecule has 2 aromatic carbocycles. The molecular formula is C23H26N2O4. The highest BCUT2D eigenvalue weighted by atomic mass is 16.5. The van der Waals surface area contributed by atoms with Crippen molar-refractivity contribution in [2.75, 3.05) is 27.3 Å². The van der Waals surface area contributed by atoms with Crippen molar-refractivity contribution < 1.29 is 19.1 Å². The Hall–Kier alpha value is -2.86. The topological polar surface area (TPSA) is 67.9 Å². The molecule has 2 amide bonds. The smallest absolute Gasteiger partial charge is 0.254 e. The molecule has 2 aromatic rings. The van der Waals surface area contributed by atoms with Gasteiger partial charge in [0.25, 0.3) is 5.91 Å². The van der Waals surface area contributed by atoms with Gasteiger partial charge in [0.15, 0.2) is 0 Å². The molecule has 6 nitrogen and oxygen atoms in total. The number of hydrogen-bond donors (Lipinski definition) is 1. The molecule has 0 radical (unpaired) electrons. The molecule has 0 spiro atoms. The van der Waals surface area contributed by atoms with Gasteiger partial charge in [-0.15, -0.1) is 0 Å². The first-order valence-electron chi connectivity index (χ1n) is 9.99. The zero-order valence-corrected chi connectivity index (χ0v) is 16.8. The first kappa shape index (κ1) is 19.5. The number of rotatable bonds is 5. The zero-order chi connectivity index (χ0) is 20.4. The monoisotopic (exact) mass is 394 g/mol. The SMILES string of the molecule is COc1ccc([C@@H]2[C@H](C(=O)NC[C@@H]3CCCO3)c3ccccc3C(=O)N2C)cc1. The maximum Gasteiger partial charge on any atom is 0.254 e. The van der Waals surface area contributed by atoms with Crippen LogP contribution in [0.1, 0.15) is 46.3 Å². The maximum absolute atomic E-state index is 13.3. The molecular weight excluding hydrogens is 368 g/mol. The molecule has 1 N–H and O–H groups in total. The van der Waals surface area contributed by atoms with Crippen LogP contribution in [-0.2, 0) is 9.53 Å². The average Bonchev–Trinajstić information content (AvgIpc) is 3.28. The first-order chi connectivity index (χ1) is 14.1. The fraction of sp³-hybridized carbons (Fsp3) is 0.391. The zero-order valence-electron chi connectivity index (χ0n) is 16.8. The molecule has 2 aliphatic heterocycles. The van der Waals surface area contributed by atoms with Crippen LogP contribution >= 0.6 is 0 Å². The van der Waals surface area contributed by atoms with Gasteiger partial charge in [-0.1, -0.05) is 30.3 Å². The number of hydrogen-bond acceptors (Lipinski definition) is 4. The number of methoxy groups -OCH3 is 1. The molecule has 6 heteroatoms. The predicted molar refractivity (Wildman–Crippen MR) is 109 cm³/mol. The third kappa shape index (κ3) is 3.72. The second-order valence-corrected chi connectivity index (χ2v) is 7.58. The largest absolute Gasteiger partial charge is 0.497 e. The summed E-state index contributed by atoms with van der Waals surface area (Å²) >= 11 is 0. The number of amides is 2. The maximum atomic E-state index is 13.3. The van der Waals surface area contributed by atoms with Gasteiger partial charge in [0.2, 0.25) is 5.91 Å². The lowest BCUT2D eigenvalue weighted by Gasteiger charge is -2.40. The Morgan fingerprint density at radius 3 is 2.66 bits per heavy atom. The summed E-state index contributed by atoms with van der Waals surface area (Å²) in [7, 11) is 3.37. The Morgan fingerprint density at radius 2 is 1.97 bits per heavy atom. The minimum absolute atomic E-state index is 0.0663. The first-order valence-corrected chi connectivity index (χ1v) is 9.99. The van der Waals surface area contributed by atoms with Gasteiger partial charge in [0.1, 0.15) is 5.75 Å². The second kappa shape index (κ2) is 8.25.